The topological polar surface area (TPSA) is 65.2 Å². The smallest absolute Gasteiger partial charge is 0.242 e. The number of carbonyl (C=O) groups excluding carboxylic acids is 2. The third kappa shape index (κ3) is 2.51. The molecule has 0 saturated carbocycles. The van der Waals surface area contributed by atoms with E-state index in [4.69, 9.17) is 0 Å². The predicted molar refractivity (Wildman–Crippen MR) is 80.8 cm³/mol. The van der Waals surface area contributed by atoms with Gasteiger partial charge >= 0.3 is 0 Å². The number of carbonyl (C=O) groups is 2. The van der Waals surface area contributed by atoms with Gasteiger partial charge in [-0.15, -0.1) is 0 Å². The summed E-state index contributed by atoms with van der Waals surface area (Å²) in [5.41, 5.74) is 2.01. The number of nitrogens with zero attached hydrogens (tertiary/aromatic N) is 1. The van der Waals surface area contributed by atoms with Crippen molar-refractivity contribution in [2.75, 3.05) is 13.1 Å². The van der Waals surface area contributed by atoms with E-state index in [9.17, 15) is 9.59 Å². The van der Waals surface area contributed by atoms with Gasteiger partial charge in [0.05, 0.1) is 6.42 Å². The Kier molecular flexibility index (Phi) is 3.64. The fourth-order valence-corrected chi connectivity index (χ4v) is 2.96. The largest absolute Gasteiger partial charge is 0.361 e. The molecule has 1 saturated heterocycles. The molecular formula is C16H19N3O2. The van der Waals surface area contributed by atoms with Crippen LogP contribution in [0, 0.1) is 0 Å². The van der Waals surface area contributed by atoms with E-state index in [1.807, 2.05) is 37.4 Å². The summed E-state index contributed by atoms with van der Waals surface area (Å²) in [5.74, 6) is -0.0301. The van der Waals surface area contributed by atoms with Gasteiger partial charge in [0.1, 0.15) is 6.04 Å². The third-order valence-electron chi connectivity index (χ3n) is 4.05. The lowest BCUT2D eigenvalue weighted by Gasteiger charge is -2.34. The number of amides is 2. The maximum absolute atomic E-state index is 12.6. The standard InChI is InChI=1S/C16H19N3O2/c1-2-14-16(21)17-7-8-19(14)15(20)9-11-10-18-13-6-4-3-5-12(11)13/h3-6,10,14,18H,2,7-9H2,1H3,(H,17,21). The molecule has 5 heteroatoms. The average Bonchev–Trinajstić information content (AvgIpc) is 2.90. The summed E-state index contributed by atoms with van der Waals surface area (Å²) < 4.78 is 0. The molecule has 110 valence electrons. The van der Waals surface area contributed by atoms with Crippen molar-refractivity contribution in [3.05, 3.63) is 36.0 Å². The molecule has 1 aliphatic heterocycles. The third-order valence-corrected chi connectivity index (χ3v) is 4.05. The van der Waals surface area contributed by atoms with E-state index in [1.54, 1.807) is 4.90 Å². The maximum atomic E-state index is 12.6. The summed E-state index contributed by atoms with van der Waals surface area (Å²) in [6, 6.07) is 7.59. The van der Waals surface area contributed by atoms with Gasteiger partial charge in [0.25, 0.3) is 0 Å². The second-order valence-electron chi connectivity index (χ2n) is 5.34. The van der Waals surface area contributed by atoms with Crippen molar-refractivity contribution >= 4 is 22.7 Å². The van der Waals surface area contributed by atoms with Gasteiger partial charge in [0.15, 0.2) is 0 Å². The second kappa shape index (κ2) is 5.60. The Morgan fingerprint density at radius 3 is 3.00 bits per heavy atom. The van der Waals surface area contributed by atoms with E-state index < -0.39 is 0 Å². The van der Waals surface area contributed by atoms with Crippen LogP contribution in [-0.2, 0) is 16.0 Å². The molecule has 2 N–H and O–H groups in total. The molecule has 1 aromatic carbocycles. The van der Waals surface area contributed by atoms with Crippen molar-refractivity contribution < 1.29 is 9.59 Å². The molecule has 0 spiro atoms. The second-order valence-corrected chi connectivity index (χ2v) is 5.34. The van der Waals surface area contributed by atoms with Crippen LogP contribution in [0.1, 0.15) is 18.9 Å². The Labute approximate surface area is 123 Å². The van der Waals surface area contributed by atoms with Crippen molar-refractivity contribution in [3.63, 3.8) is 0 Å². The molecule has 1 unspecified atom stereocenters. The van der Waals surface area contributed by atoms with Gasteiger partial charge in [0.2, 0.25) is 11.8 Å². The fraction of sp³-hybridized carbons (Fsp3) is 0.375. The van der Waals surface area contributed by atoms with Crippen molar-refractivity contribution in [2.45, 2.75) is 25.8 Å². The highest BCUT2D eigenvalue weighted by Gasteiger charge is 2.31. The van der Waals surface area contributed by atoms with Crippen LogP contribution >= 0.6 is 0 Å². The predicted octanol–water partition coefficient (Wildman–Crippen LogP) is 1.45. The summed E-state index contributed by atoms with van der Waals surface area (Å²) in [5, 5.41) is 3.89. The first kappa shape index (κ1) is 13.7. The number of benzene rings is 1. The first-order valence-electron chi connectivity index (χ1n) is 7.33. The molecule has 0 aliphatic carbocycles. The van der Waals surface area contributed by atoms with E-state index in [2.05, 4.69) is 10.3 Å². The maximum Gasteiger partial charge on any atom is 0.242 e. The minimum Gasteiger partial charge on any atom is -0.361 e. The van der Waals surface area contributed by atoms with Crippen LogP contribution in [0.15, 0.2) is 30.5 Å². The molecule has 1 fully saturated rings. The SMILES string of the molecule is CCC1C(=O)NCCN1C(=O)Cc1c[nH]c2ccccc12. The quantitative estimate of drug-likeness (QED) is 0.896. The Morgan fingerprint density at radius 2 is 2.19 bits per heavy atom. The molecule has 5 nitrogen and oxygen atoms in total. The van der Waals surface area contributed by atoms with Gasteiger partial charge in [0, 0.05) is 30.2 Å². The zero-order chi connectivity index (χ0) is 14.8. The van der Waals surface area contributed by atoms with Crippen LogP contribution in [0.3, 0.4) is 0 Å². The summed E-state index contributed by atoms with van der Waals surface area (Å²) in [6.45, 7) is 3.06. The van der Waals surface area contributed by atoms with E-state index >= 15 is 0 Å². The molecule has 1 aliphatic rings. The molecule has 2 aromatic rings. The number of hydrogen-bond donors (Lipinski definition) is 2. The Hall–Kier alpha value is -2.30. The number of fused-ring (bicyclic) bond motifs is 1. The number of H-pyrrole nitrogens is 1. The van der Waals surface area contributed by atoms with Crippen LogP contribution in [0.4, 0.5) is 0 Å². The Balaban J connectivity index is 1.81. The molecular weight excluding hydrogens is 266 g/mol. The van der Waals surface area contributed by atoms with E-state index in [1.165, 1.54) is 0 Å². The highest BCUT2D eigenvalue weighted by atomic mass is 16.2. The van der Waals surface area contributed by atoms with Crippen LogP contribution < -0.4 is 5.32 Å². The Bertz CT molecular complexity index is 677. The van der Waals surface area contributed by atoms with Crippen molar-refractivity contribution in [1.82, 2.24) is 15.2 Å². The lowest BCUT2D eigenvalue weighted by atomic mass is 10.1. The lowest BCUT2D eigenvalue weighted by molar-refractivity contribution is -0.142. The monoisotopic (exact) mass is 285 g/mol. The van der Waals surface area contributed by atoms with Crippen LogP contribution in [-0.4, -0.2) is 40.8 Å². The van der Waals surface area contributed by atoms with Gasteiger partial charge in [-0.2, -0.15) is 0 Å². The minimum absolute atomic E-state index is 0.0152. The van der Waals surface area contributed by atoms with Crippen LogP contribution in [0.2, 0.25) is 0 Å². The van der Waals surface area contributed by atoms with Gasteiger partial charge in [-0.25, -0.2) is 0 Å². The summed E-state index contributed by atoms with van der Waals surface area (Å²) in [7, 11) is 0. The zero-order valence-corrected chi connectivity index (χ0v) is 12.1. The number of rotatable bonds is 3. The number of aromatic nitrogens is 1. The highest BCUT2D eigenvalue weighted by Crippen LogP contribution is 2.20. The molecule has 2 amide bonds. The normalized spacial score (nSPS) is 18.8. The molecule has 0 bridgehead atoms. The van der Waals surface area contributed by atoms with Crippen LogP contribution in [0.5, 0.6) is 0 Å². The van der Waals surface area contributed by atoms with Gasteiger partial charge in [-0.05, 0) is 18.1 Å². The number of hydrogen-bond acceptors (Lipinski definition) is 2. The average molecular weight is 285 g/mol. The molecule has 3 rings (SSSR count). The molecule has 1 aromatic heterocycles. The van der Waals surface area contributed by atoms with E-state index in [-0.39, 0.29) is 17.9 Å². The van der Waals surface area contributed by atoms with E-state index in [0.717, 1.165) is 16.5 Å². The summed E-state index contributed by atoms with van der Waals surface area (Å²) in [6.07, 6.45) is 2.85. The fourth-order valence-electron chi connectivity index (χ4n) is 2.96. The first-order valence-corrected chi connectivity index (χ1v) is 7.33. The van der Waals surface area contributed by atoms with Crippen molar-refractivity contribution in [2.24, 2.45) is 0 Å². The molecule has 0 radical (unpaired) electrons. The number of nitrogens with one attached hydrogen (secondary N) is 2. The summed E-state index contributed by atoms with van der Waals surface area (Å²) >= 11 is 0. The van der Waals surface area contributed by atoms with Gasteiger partial charge in [-0.3, -0.25) is 9.59 Å². The lowest BCUT2D eigenvalue weighted by Crippen LogP contribution is -2.57. The number of aromatic amines is 1. The minimum atomic E-state index is -0.337. The van der Waals surface area contributed by atoms with Crippen molar-refractivity contribution in [3.8, 4) is 0 Å². The summed E-state index contributed by atoms with van der Waals surface area (Å²) in [4.78, 5) is 29.3. The highest BCUT2D eigenvalue weighted by molar-refractivity contribution is 5.92. The molecule has 1 atom stereocenters. The molecule has 2 heterocycles. The van der Waals surface area contributed by atoms with Gasteiger partial charge < -0.3 is 15.2 Å². The van der Waals surface area contributed by atoms with Crippen LogP contribution in [0.25, 0.3) is 10.9 Å². The van der Waals surface area contributed by atoms with E-state index in [0.29, 0.717) is 25.9 Å². The Morgan fingerprint density at radius 1 is 1.38 bits per heavy atom. The number of piperazine rings is 1. The first-order chi connectivity index (χ1) is 10.2. The molecule has 21 heavy (non-hydrogen) atoms. The van der Waals surface area contributed by atoms with Crippen molar-refractivity contribution in [1.29, 1.82) is 0 Å². The zero-order valence-electron chi connectivity index (χ0n) is 12.1. The van der Waals surface area contributed by atoms with Gasteiger partial charge in [-0.1, -0.05) is 25.1 Å². The number of para-hydroxylation sites is 1.